The monoisotopic (exact) mass is 497 g/mol. The smallest absolute Gasteiger partial charge is 0.286 e. The van der Waals surface area contributed by atoms with E-state index in [1.54, 1.807) is 18.2 Å². The van der Waals surface area contributed by atoms with Crippen LogP contribution in [-0.4, -0.2) is 35.5 Å². The number of hydrogen-bond donors (Lipinski definition) is 3. The predicted octanol–water partition coefficient (Wildman–Crippen LogP) is 4.86. The van der Waals surface area contributed by atoms with Crippen molar-refractivity contribution >= 4 is 52.0 Å². The van der Waals surface area contributed by atoms with Crippen molar-refractivity contribution < 1.29 is 14.3 Å². The van der Waals surface area contributed by atoms with E-state index in [0.29, 0.717) is 41.6 Å². The van der Waals surface area contributed by atoms with Crippen molar-refractivity contribution in [1.82, 2.24) is 15.6 Å². The van der Waals surface area contributed by atoms with Gasteiger partial charge in [-0.05, 0) is 73.2 Å². The van der Waals surface area contributed by atoms with E-state index in [4.69, 9.17) is 27.9 Å². The molecule has 8 heteroatoms. The van der Waals surface area contributed by atoms with E-state index in [9.17, 15) is 9.59 Å². The summed E-state index contributed by atoms with van der Waals surface area (Å²) < 4.78 is 6.02. The van der Waals surface area contributed by atoms with Gasteiger partial charge in [0.05, 0.1) is 6.04 Å². The van der Waals surface area contributed by atoms with Gasteiger partial charge in [-0.15, -0.1) is 0 Å². The number of hydrogen-bond acceptors (Lipinski definition) is 3. The van der Waals surface area contributed by atoms with Crippen LogP contribution in [0.3, 0.4) is 0 Å². The third-order valence-electron chi connectivity index (χ3n) is 6.57. The SMILES string of the molecule is O=C1NC2CC(C(=O)NCCc3c[nH]c4ccc(Cl)cc34)CCC2O/C1=C\c1ccc(Cl)cc1. The minimum Gasteiger partial charge on any atom is -0.483 e. The van der Waals surface area contributed by atoms with Crippen LogP contribution in [0, 0.1) is 5.92 Å². The molecule has 3 aromatic rings. The number of H-pyrrole nitrogens is 1. The molecule has 2 aliphatic rings. The summed E-state index contributed by atoms with van der Waals surface area (Å²) in [4.78, 5) is 28.6. The summed E-state index contributed by atoms with van der Waals surface area (Å²) in [6, 6.07) is 12.8. The summed E-state index contributed by atoms with van der Waals surface area (Å²) in [5.41, 5.74) is 2.99. The van der Waals surface area contributed by atoms with E-state index in [1.807, 2.05) is 36.5 Å². The van der Waals surface area contributed by atoms with Gasteiger partial charge in [0.2, 0.25) is 5.91 Å². The van der Waals surface area contributed by atoms with Crippen molar-refractivity contribution in [3.05, 3.63) is 75.6 Å². The van der Waals surface area contributed by atoms with Crippen LogP contribution in [0.5, 0.6) is 0 Å². The number of rotatable bonds is 5. The first-order valence-electron chi connectivity index (χ1n) is 11.4. The molecule has 2 heterocycles. The van der Waals surface area contributed by atoms with Crippen molar-refractivity contribution in [2.45, 2.75) is 37.8 Å². The first-order valence-corrected chi connectivity index (χ1v) is 12.2. The molecule has 2 fully saturated rings. The molecule has 1 saturated heterocycles. The number of benzene rings is 2. The second kappa shape index (κ2) is 9.72. The molecule has 0 radical (unpaired) electrons. The zero-order chi connectivity index (χ0) is 23.7. The molecule has 3 N–H and O–H groups in total. The van der Waals surface area contributed by atoms with Crippen LogP contribution >= 0.6 is 23.2 Å². The fraction of sp³-hybridized carbons (Fsp3) is 0.308. The molecule has 3 atom stereocenters. The highest BCUT2D eigenvalue weighted by atomic mass is 35.5. The van der Waals surface area contributed by atoms with E-state index in [2.05, 4.69) is 15.6 Å². The Hall–Kier alpha value is -2.96. The molecular weight excluding hydrogens is 473 g/mol. The van der Waals surface area contributed by atoms with Crippen molar-refractivity contribution in [2.24, 2.45) is 5.92 Å². The maximum absolute atomic E-state index is 12.8. The van der Waals surface area contributed by atoms with Gasteiger partial charge < -0.3 is 20.4 Å². The topological polar surface area (TPSA) is 83.2 Å². The minimum atomic E-state index is -0.254. The Bertz CT molecular complexity index is 1250. The van der Waals surface area contributed by atoms with Crippen molar-refractivity contribution in [3.63, 3.8) is 0 Å². The average molecular weight is 498 g/mol. The Morgan fingerprint density at radius 1 is 1.12 bits per heavy atom. The Kier molecular flexibility index (Phi) is 6.53. The second-order valence-corrected chi connectivity index (χ2v) is 9.72. The molecule has 34 heavy (non-hydrogen) atoms. The van der Waals surface area contributed by atoms with Crippen molar-refractivity contribution in [2.75, 3.05) is 6.54 Å². The number of morpholine rings is 1. The van der Waals surface area contributed by atoms with Crippen LogP contribution in [0.4, 0.5) is 0 Å². The number of aromatic amines is 1. The highest BCUT2D eigenvalue weighted by Crippen LogP contribution is 2.32. The van der Waals surface area contributed by atoms with E-state index in [1.165, 1.54) is 0 Å². The maximum Gasteiger partial charge on any atom is 0.286 e. The van der Waals surface area contributed by atoms with Gasteiger partial charge in [0.25, 0.3) is 5.91 Å². The Balaban J connectivity index is 1.15. The summed E-state index contributed by atoms with van der Waals surface area (Å²) in [6.07, 6.45) is 6.27. The third-order valence-corrected chi connectivity index (χ3v) is 7.05. The van der Waals surface area contributed by atoms with Crippen LogP contribution in [0.15, 0.2) is 54.4 Å². The zero-order valence-electron chi connectivity index (χ0n) is 18.4. The number of nitrogens with one attached hydrogen (secondary N) is 3. The lowest BCUT2D eigenvalue weighted by Crippen LogP contribution is -2.54. The summed E-state index contributed by atoms with van der Waals surface area (Å²) in [5, 5.41) is 8.50. The molecule has 1 aromatic heterocycles. The normalized spacial score (nSPS) is 23.3. The molecule has 0 spiro atoms. The summed E-state index contributed by atoms with van der Waals surface area (Å²) in [5.74, 6) is -0.0852. The molecule has 0 bridgehead atoms. The lowest BCUT2D eigenvalue weighted by atomic mass is 9.82. The molecule has 2 aromatic carbocycles. The molecule has 1 saturated carbocycles. The number of fused-ring (bicyclic) bond motifs is 2. The first-order chi connectivity index (χ1) is 16.5. The molecular formula is C26H25Cl2N3O3. The van der Waals surface area contributed by atoms with Gasteiger partial charge in [-0.25, -0.2) is 0 Å². The summed E-state index contributed by atoms with van der Waals surface area (Å²) in [7, 11) is 0. The summed E-state index contributed by atoms with van der Waals surface area (Å²) in [6.45, 7) is 0.541. The highest BCUT2D eigenvalue weighted by Gasteiger charge is 2.40. The number of amides is 2. The molecule has 5 rings (SSSR count). The lowest BCUT2D eigenvalue weighted by Gasteiger charge is -2.39. The van der Waals surface area contributed by atoms with Gasteiger partial charge in [-0.3, -0.25) is 9.59 Å². The van der Waals surface area contributed by atoms with E-state index in [-0.39, 0.29) is 29.9 Å². The van der Waals surface area contributed by atoms with Crippen LogP contribution in [0.2, 0.25) is 10.0 Å². The molecule has 1 aliphatic heterocycles. The number of ether oxygens (including phenoxy) is 1. The number of aromatic nitrogens is 1. The average Bonchev–Trinajstić information content (AvgIpc) is 3.22. The van der Waals surface area contributed by atoms with Crippen LogP contribution in [0.25, 0.3) is 17.0 Å². The van der Waals surface area contributed by atoms with Crippen LogP contribution in [-0.2, 0) is 20.7 Å². The number of halogens is 2. The summed E-state index contributed by atoms with van der Waals surface area (Å²) >= 11 is 12.1. The van der Waals surface area contributed by atoms with Crippen molar-refractivity contribution in [1.29, 1.82) is 0 Å². The Labute approximate surface area is 207 Å². The van der Waals surface area contributed by atoms with Crippen molar-refractivity contribution in [3.8, 4) is 0 Å². The van der Waals surface area contributed by atoms with Gasteiger partial charge in [0.15, 0.2) is 5.76 Å². The van der Waals surface area contributed by atoms with Gasteiger partial charge in [0.1, 0.15) is 6.10 Å². The van der Waals surface area contributed by atoms with E-state index >= 15 is 0 Å². The van der Waals surface area contributed by atoms with Gasteiger partial charge >= 0.3 is 0 Å². The molecule has 1 aliphatic carbocycles. The number of carbonyl (C=O) groups excluding carboxylic acids is 2. The molecule has 2 amide bonds. The highest BCUT2D eigenvalue weighted by molar-refractivity contribution is 6.31. The van der Waals surface area contributed by atoms with E-state index < -0.39 is 0 Å². The second-order valence-electron chi connectivity index (χ2n) is 8.85. The van der Waals surface area contributed by atoms with Crippen LogP contribution in [0.1, 0.15) is 30.4 Å². The van der Waals surface area contributed by atoms with Crippen LogP contribution < -0.4 is 10.6 Å². The van der Waals surface area contributed by atoms with Gasteiger partial charge in [-0.1, -0.05) is 35.3 Å². The predicted molar refractivity (Wildman–Crippen MR) is 134 cm³/mol. The van der Waals surface area contributed by atoms with E-state index in [0.717, 1.165) is 28.5 Å². The minimum absolute atomic E-state index is 0.0214. The first kappa shape index (κ1) is 22.8. The molecule has 176 valence electrons. The Morgan fingerprint density at radius 2 is 1.91 bits per heavy atom. The number of carbonyl (C=O) groups is 2. The molecule has 6 nitrogen and oxygen atoms in total. The fourth-order valence-corrected chi connectivity index (χ4v) is 5.06. The lowest BCUT2D eigenvalue weighted by molar-refractivity contribution is -0.134. The maximum atomic E-state index is 12.8. The van der Waals surface area contributed by atoms with Gasteiger partial charge in [-0.2, -0.15) is 0 Å². The fourth-order valence-electron chi connectivity index (χ4n) is 4.76. The zero-order valence-corrected chi connectivity index (χ0v) is 20.0. The molecule has 3 unspecified atom stereocenters. The quantitative estimate of drug-likeness (QED) is 0.440. The standard InChI is InChI=1S/C26H25Cl2N3O3/c27-18-4-1-15(2-5-18)11-24-26(33)31-22-12-16(3-8-23(22)34-24)25(32)29-10-9-17-14-30-21-7-6-19(28)13-20(17)21/h1-2,4-7,11,13-14,16,22-23,30H,3,8-10,12H2,(H,29,32)(H,31,33)/b24-11-. The largest absolute Gasteiger partial charge is 0.483 e. The third kappa shape index (κ3) is 4.93. The Morgan fingerprint density at radius 3 is 2.74 bits per heavy atom. The van der Waals surface area contributed by atoms with Gasteiger partial charge in [0, 0.05) is 39.6 Å².